The number of benzene rings is 2. The number of amides is 13. The average molecular weight is 1730 g/mol. The Bertz CT molecular complexity index is 4040. The fourth-order valence-electron chi connectivity index (χ4n) is 12.7. The van der Waals surface area contributed by atoms with Crippen molar-refractivity contribution in [1.82, 2.24) is 73.7 Å². The first kappa shape index (κ1) is 101. The van der Waals surface area contributed by atoms with Gasteiger partial charge in [-0.15, -0.1) is 0 Å². The van der Waals surface area contributed by atoms with E-state index in [0.29, 0.717) is 28.5 Å². The quantitative estimate of drug-likeness (QED) is 0.0108. The fraction of sp³-hybridized carbons (Fsp3) is 0.587. The molecule has 0 bridgehead atoms. The molecule has 1 fully saturated rings. The summed E-state index contributed by atoms with van der Waals surface area (Å²) in [5.74, 6) is -18.3. The monoisotopic (exact) mass is 1730 g/mol. The van der Waals surface area contributed by atoms with Gasteiger partial charge in [0.05, 0.1) is 25.7 Å². The summed E-state index contributed by atoms with van der Waals surface area (Å²) >= 11 is 8.55. The number of phenols is 1. The first-order valence-electron chi connectivity index (χ1n) is 39.2. The van der Waals surface area contributed by atoms with Crippen molar-refractivity contribution in [2.24, 2.45) is 56.2 Å². The number of para-hydroxylation sites is 1. The lowest BCUT2D eigenvalue weighted by Gasteiger charge is -2.31. The lowest BCUT2D eigenvalue weighted by atomic mass is 10.0. The molecule has 1 aromatic heterocycles. The summed E-state index contributed by atoms with van der Waals surface area (Å²) in [5.41, 5.74) is 34.5. The number of H-pyrrole nitrogens is 1. The molecule has 43 nitrogen and oxygen atoms in total. The van der Waals surface area contributed by atoms with Crippen LogP contribution in [0.2, 0.25) is 0 Å². The average Bonchev–Trinajstić information content (AvgIpc) is 1.65. The molecular formula is C75H118N22O21S2. The Labute approximate surface area is 703 Å². The van der Waals surface area contributed by atoms with Crippen LogP contribution in [0, 0.1) is 11.8 Å². The molecule has 666 valence electrons. The van der Waals surface area contributed by atoms with Gasteiger partial charge in [-0.2, -0.15) is 25.3 Å². The molecule has 3 aromatic rings. The maximum Gasteiger partial charge on any atom is 0.326 e. The van der Waals surface area contributed by atoms with Crippen LogP contribution < -0.4 is 98.2 Å². The van der Waals surface area contributed by atoms with Gasteiger partial charge in [-0.3, -0.25) is 77.1 Å². The van der Waals surface area contributed by atoms with Crippen molar-refractivity contribution in [2.45, 2.75) is 215 Å². The van der Waals surface area contributed by atoms with Crippen molar-refractivity contribution in [1.29, 1.82) is 0 Å². The number of aliphatic hydroxyl groups is 3. The molecule has 15 atom stereocenters. The third kappa shape index (κ3) is 33.9. The van der Waals surface area contributed by atoms with E-state index in [-0.39, 0.29) is 132 Å². The van der Waals surface area contributed by atoms with Gasteiger partial charge in [0.1, 0.15) is 90.3 Å². The minimum absolute atomic E-state index is 0.00789. The third-order valence-corrected chi connectivity index (χ3v) is 19.7. The molecule has 0 spiro atoms. The number of aliphatic carboxylic acids is 2. The van der Waals surface area contributed by atoms with E-state index < -0.39 is 211 Å². The van der Waals surface area contributed by atoms with E-state index in [1.165, 1.54) is 42.3 Å². The summed E-state index contributed by atoms with van der Waals surface area (Å²) in [6.07, 6.45) is -1.42. The number of carbonyl (C=O) groups is 15. The van der Waals surface area contributed by atoms with Crippen LogP contribution >= 0.6 is 25.3 Å². The van der Waals surface area contributed by atoms with E-state index in [1.807, 2.05) is 0 Å². The number of fused-ring (bicyclic) bond motifs is 1. The molecule has 0 unspecified atom stereocenters. The van der Waals surface area contributed by atoms with Crippen molar-refractivity contribution in [3.05, 3.63) is 65.9 Å². The summed E-state index contributed by atoms with van der Waals surface area (Å²) < 4.78 is 0. The summed E-state index contributed by atoms with van der Waals surface area (Å²) in [6, 6.07) is -9.85. The lowest BCUT2D eigenvalue weighted by Crippen LogP contribution is -2.62. The normalized spacial score (nSPS) is 16.0. The summed E-state index contributed by atoms with van der Waals surface area (Å²) in [7, 11) is 0. The molecule has 0 aliphatic carbocycles. The number of aromatic hydroxyl groups is 1. The number of rotatable bonds is 53. The van der Waals surface area contributed by atoms with Crippen LogP contribution in [0.15, 0.2) is 64.7 Å². The smallest absolute Gasteiger partial charge is 0.326 e. The topological polar surface area (TPSA) is 722 Å². The predicted molar refractivity (Wildman–Crippen MR) is 445 cm³/mol. The summed E-state index contributed by atoms with van der Waals surface area (Å²) in [5, 5.41) is 90.9. The molecule has 1 aliphatic rings. The van der Waals surface area contributed by atoms with Gasteiger partial charge in [-0.05, 0) is 125 Å². The third-order valence-electron chi connectivity index (χ3n) is 19.0. The van der Waals surface area contributed by atoms with E-state index in [0.717, 1.165) is 0 Å². The van der Waals surface area contributed by atoms with Gasteiger partial charge in [0.15, 0.2) is 11.9 Å². The Morgan fingerprint density at radius 2 is 0.967 bits per heavy atom. The number of nitrogens with one attached hydrogen (secondary N) is 13. The second kappa shape index (κ2) is 51.4. The molecular weight excluding hydrogens is 1610 g/mol. The standard InChI is InChI=1S/C75H118N22O21S2/c1-37(2)27-49(88-69(113)56(36-120)95-71(115)59(39(5)100)96-60(104)44(77)33-98)63(107)93-54(34-99)67(111)92-53(28-38(3)4)72(116)97-26-12-18-57(97)70(114)86-46(15-8-9-23-76)62(106)94-55(35-119)68(112)90-51(30-41-32-84-45-14-7-6-13-43(41)45)65(109)91-52(31-58(102)103)66(110)89-50(29-40-19-21-42(101)22-20-40)64(108)85-47(16-10-24-82-74(78)79)61(105)87-48(73(117)118)17-11-25-83-75(80)81/h6-7,13-14,19-22,32,37-39,44,46-57,59,84,98-101,119-120H,8-12,15-18,23-31,33-36,76-77H2,1-5H3,(H,85,108)(H,86,114)(H,87,105)(H,88,113)(H,89,110)(H,90,112)(H,91,109)(H,92,111)(H,93,107)(H,94,106)(H,95,115)(H,96,104)(H,102,103)(H,117,118)(H4,78,79,82)(H4,80,81,83)/t39-,44+,46+,47+,48+,49+,50+,51+,52+,53+,54+,55+,56+,57+,59+/m1/s1. The van der Waals surface area contributed by atoms with E-state index >= 15 is 0 Å². The number of aliphatic imine (C=N–C) groups is 2. The van der Waals surface area contributed by atoms with Gasteiger partial charge >= 0.3 is 11.9 Å². The Kier molecular flexibility index (Phi) is 43.3. The van der Waals surface area contributed by atoms with Gasteiger partial charge in [-0.25, -0.2) is 4.79 Å². The number of carbonyl (C=O) groups excluding carboxylic acids is 13. The lowest BCUT2D eigenvalue weighted by molar-refractivity contribution is -0.143. The molecule has 120 heavy (non-hydrogen) atoms. The van der Waals surface area contributed by atoms with E-state index in [1.54, 1.807) is 52.0 Å². The van der Waals surface area contributed by atoms with Crippen molar-refractivity contribution in [3.8, 4) is 5.75 Å². The van der Waals surface area contributed by atoms with Crippen molar-refractivity contribution >= 4 is 137 Å². The van der Waals surface area contributed by atoms with Gasteiger partial charge in [0, 0.05) is 61.1 Å². The molecule has 0 radical (unpaired) electrons. The van der Waals surface area contributed by atoms with E-state index in [4.69, 9.17) is 34.4 Å². The zero-order valence-corrected chi connectivity index (χ0v) is 69.4. The Morgan fingerprint density at radius 1 is 0.517 bits per heavy atom. The maximum absolute atomic E-state index is 14.9. The molecule has 2 aromatic carbocycles. The number of nitrogens with zero attached hydrogens (tertiary/aromatic N) is 3. The molecule has 31 N–H and O–H groups in total. The number of aliphatic hydroxyl groups excluding tert-OH is 3. The number of unbranched alkanes of at least 4 members (excludes halogenated alkanes) is 1. The predicted octanol–water partition coefficient (Wildman–Crippen LogP) is -7.09. The molecule has 2 heterocycles. The van der Waals surface area contributed by atoms with Crippen molar-refractivity contribution in [3.63, 3.8) is 0 Å². The molecule has 0 saturated carbocycles. The number of thiol groups is 2. The van der Waals surface area contributed by atoms with E-state index in [2.05, 4.69) is 104 Å². The largest absolute Gasteiger partial charge is 0.508 e. The Morgan fingerprint density at radius 3 is 1.50 bits per heavy atom. The second-order valence-corrected chi connectivity index (χ2v) is 30.5. The molecule has 1 aliphatic heterocycles. The highest BCUT2D eigenvalue weighted by Gasteiger charge is 2.42. The minimum Gasteiger partial charge on any atom is -0.508 e. The number of carboxylic acids is 2. The highest BCUT2D eigenvalue weighted by atomic mass is 32.1. The first-order chi connectivity index (χ1) is 56.7. The number of phenolic OH excluding ortho intramolecular Hbond substituents is 1. The van der Waals surface area contributed by atoms with Gasteiger partial charge in [0.2, 0.25) is 76.8 Å². The first-order valence-corrected chi connectivity index (χ1v) is 40.4. The van der Waals surface area contributed by atoms with Gasteiger partial charge < -0.3 is 139 Å². The fourth-order valence-corrected chi connectivity index (χ4v) is 13.2. The molecule has 1 saturated heterocycles. The second-order valence-electron chi connectivity index (χ2n) is 29.7. The van der Waals surface area contributed by atoms with Crippen LogP contribution in [-0.2, 0) is 84.8 Å². The van der Waals surface area contributed by atoms with Crippen LogP contribution in [0.5, 0.6) is 5.75 Å². The van der Waals surface area contributed by atoms with Crippen LogP contribution in [0.4, 0.5) is 0 Å². The number of carboxylic acid groups (broad SMARTS) is 2. The summed E-state index contributed by atoms with van der Waals surface area (Å²) in [4.78, 5) is 222. The Hall–Kier alpha value is -11.1. The SMILES string of the molecule is CC(C)C[C@H](NC(=O)[C@H](CS)NC(=O)[C@@H](NC(=O)[C@@H](N)CO)[C@@H](C)O)C(=O)N[C@@H](CO)C(=O)N[C@@H](CC(C)C)C(=O)N1CCC[C@H]1C(=O)N[C@@H](CCCCN)C(=O)N[C@@H](CS)C(=O)N[C@@H](Cc1c[nH]c2ccccc12)C(=O)N[C@@H](CC(=O)O)C(=O)N[C@@H](Cc1ccc(O)cc1)C(=O)N[C@@H](CCCN=C(N)N)C(=O)N[C@@H](CCCN=C(N)N)C(=O)O. The number of hydrogen-bond acceptors (Lipinski definition) is 25. The zero-order valence-electron chi connectivity index (χ0n) is 67.6. The number of aromatic amines is 1. The van der Waals surface area contributed by atoms with Crippen LogP contribution in [0.3, 0.4) is 0 Å². The highest BCUT2D eigenvalue weighted by molar-refractivity contribution is 7.80. The van der Waals surface area contributed by atoms with Crippen LogP contribution in [-0.4, -0.2) is 283 Å². The minimum atomic E-state index is -2.05. The highest BCUT2D eigenvalue weighted by Crippen LogP contribution is 2.24. The number of likely N-dealkylation sites (tertiary alicyclic amines) is 1. The van der Waals surface area contributed by atoms with E-state index in [9.17, 15) is 103 Å². The number of nitrogens with two attached hydrogens (primary N) is 6. The summed E-state index contributed by atoms with van der Waals surface area (Å²) in [6.45, 7) is 6.35. The van der Waals surface area contributed by atoms with Crippen LogP contribution in [0.25, 0.3) is 10.9 Å². The molecule has 45 heteroatoms. The zero-order chi connectivity index (χ0) is 89.6. The molecule has 4 rings (SSSR count). The molecule has 13 amide bonds. The van der Waals surface area contributed by atoms with Crippen molar-refractivity contribution in [2.75, 3.05) is 50.9 Å². The van der Waals surface area contributed by atoms with Crippen molar-refractivity contribution < 1.29 is 103 Å². The van der Waals surface area contributed by atoms with Gasteiger partial charge in [-0.1, -0.05) is 58.0 Å². The number of hydrogen-bond donors (Lipinski definition) is 27. The maximum atomic E-state index is 14.9. The number of guanidine groups is 2. The number of aromatic nitrogens is 1. The Balaban J connectivity index is 1.61. The van der Waals surface area contributed by atoms with Crippen LogP contribution in [0.1, 0.15) is 123 Å². The van der Waals surface area contributed by atoms with Gasteiger partial charge in [0.25, 0.3) is 0 Å².